The number of amides is 2. The molecule has 0 spiro atoms. The van der Waals surface area contributed by atoms with Crippen molar-refractivity contribution in [3.8, 4) is 0 Å². The lowest BCUT2D eigenvalue weighted by atomic mass is 9.90. The molecule has 9 nitrogen and oxygen atoms in total. The van der Waals surface area contributed by atoms with Crippen LogP contribution in [-0.4, -0.2) is 65.2 Å². The molecular formula is C25H31N5O4S. The van der Waals surface area contributed by atoms with Gasteiger partial charge in [-0.1, -0.05) is 0 Å². The monoisotopic (exact) mass is 497 g/mol. The molecule has 3 heterocycles. The molecule has 1 N–H and O–H groups in total. The van der Waals surface area contributed by atoms with E-state index in [0.29, 0.717) is 50.3 Å². The largest absolute Gasteiger partial charge is 0.339 e. The van der Waals surface area contributed by atoms with Crippen LogP contribution >= 0.6 is 0 Å². The molecule has 10 heteroatoms. The summed E-state index contributed by atoms with van der Waals surface area (Å²) in [4.78, 5) is 26.1. The van der Waals surface area contributed by atoms with E-state index in [-0.39, 0.29) is 22.6 Å². The number of hydrogen-bond donors (Lipinski definition) is 1. The van der Waals surface area contributed by atoms with Crippen LogP contribution in [0.2, 0.25) is 0 Å². The number of rotatable bonds is 7. The molecule has 1 aliphatic heterocycles. The second-order valence-electron chi connectivity index (χ2n) is 8.71. The van der Waals surface area contributed by atoms with E-state index in [1.54, 1.807) is 27.7 Å². The van der Waals surface area contributed by atoms with Gasteiger partial charge in [-0.05, 0) is 74.6 Å². The molecule has 1 aromatic carbocycles. The number of benzene rings is 1. The molecule has 0 unspecified atom stereocenters. The van der Waals surface area contributed by atoms with E-state index in [4.69, 9.17) is 0 Å². The summed E-state index contributed by atoms with van der Waals surface area (Å²) in [5.41, 5.74) is 3.00. The number of anilines is 1. The molecule has 0 radical (unpaired) electrons. The lowest BCUT2D eigenvalue weighted by molar-refractivity contribution is -0.114. The Morgan fingerprint density at radius 1 is 1.09 bits per heavy atom. The molecule has 0 bridgehead atoms. The molecule has 1 saturated heterocycles. The standard InChI is InChI=1S/C25H31N5O4S/c1-4-28(5-2)25(32)23-17-26-30-15-12-20(16-24(23)30)19-10-13-29(14-11-19)35(33,34)22-8-6-21(7-9-22)27-18(3)31/h6-9,12,15-17,19H,4-5,10-11,13-14H2,1-3H3,(H,27,31). The zero-order valence-electron chi connectivity index (χ0n) is 20.3. The average Bonchev–Trinajstić information content (AvgIpc) is 3.28. The van der Waals surface area contributed by atoms with Crippen LogP contribution in [0.4, 0.5) is 5.69 Å². The summed E-state index contributed by atoms with van der Waals surface area (Å²) in [5.74, 6) is -0.0474. The summed E-state index contributed by atoms with van der Waals surface area (Å²) >= 11 is 0. The van der Waals surface area contributed by atoms with Gasteiger partial charge >= 0.3 is 0 Å². The third-order valence-corrected chi connectivity index (χ3v) is 8.48. The number of piperidine rings is 1. The molecular weight excluding hydrogens is 466 g/mol. The van der Waals surface area contributed by atoms with Crippen molar-refractivity contribution in [1.82, 2.24) is 18.8 Å². The Labute approximate surface area is 205 Å². The van der Waals surface area contributed by atoms with Crippen LogP contribution in [-0.2, 0) is 14.8 Å². The third-order valence-electron chi connectivity index (χ3n) is 6.56. The Morgan fingerprint density at radius 2 is 1.74 bits per heavy atom. The van der Waals surface area contributed by atoms with E-state index in [0.717, 1.165) is 11.1 Å². The molecule has 3 aromatic rings. The predicted molar refractivity (Wildman–Crippen MR) is 134 cm³/mol. The minimum Gasteiger partial charge on any atom is -0.339 e. The summed E-state index contributed by atoms with van der Waals surface area (Å²) < 4.78 is 29.5. The van der Waals surface area contributed by atoms with Crippen LogP contribution in [0.15, 0.2) is 53.7 Å². The van der Waals surface area contributed by atoms with Gasteiger partial charge in [-0.2, -0.15) is 9.40 Å². The van der Waals surface area contributed by atoms with E-state index >= 15 is 0 Å². The number of pyridine rings is 1. The van der Waals surface area contributed by atoms with Crippen molar-refractivity contribution in [3.05, 3.63) is 59.9 Å². The van der Waals surface area contributed by atoms with Gasteiger partial charge in [0.25, 0.3) is 5.91 Å². The normalized spacial score (nSPS) is 15.3. The Bertz CT molecular complexity index is 1320. The first kappa shape index (κ1) is 24.9. The molecule has 1 fully saturated rings. The molecule has 0 aliphatic carbocycles. The Balaban J connectivity index is 1.48. The fourth-order valence-electron chi connectivity index (χ4n) is 4.59. The number of fused-ring (bicyclic) bond motifs is 1. The van der Waals surface area contributed by atoms with Crippen LogP contribution in [0.3, 0.4) is 0 Å². The molecule has 0 saturated carbocycles. The molecule has 2 aromatic heterocycles. The summed E-state index contributed by atoms with van der Waals surface area (Å²) in [6.07, 6.45) is 4.86. The topological polar surface area (TPSA) is 104 Å². The number of nitrogens with one attached hydrogen (secondary N) is 1. The van der Waals surface area contributed by atoms with Gasteiger partial charge in [0.2, 0.25) is 15.9 Å². The fourth-order valence-corrected chi connectivity index (χ4v) is 6.06. The summed E-state index contributed by atoms with van der Waals surface area (Å²) in [7, 11) is -3.62. The summed E-state index contributed by atoms with van der Waals surface area (Å²) in [5, 5.41) is 6.98. The van der Waals surface area contributed by atoms with Crippen molar-refractivity contribution in [3.63, 3.8) is 0 Å². The Hall–Kier alpha value is -3.24. The van der Waals surface area contributed by atoms with Crippen molar-refractivity contribution >= 4 is 33.0 Å². The second kappa shape index (κ2) is 10.2. The van der Waals surface area contributed by atoms with Gasteiger partial charge in [-0.25, -0.2) is 12.9 Å². The number of hydrogen-bond acceptors (Lipinski definition) is 5. The predicted octanol–water partition coefficient (Wildman–Crippen LogP) is 3.34. The molecule has 2 amide bonds. The first-order valence-corrected chi connectivity index (χ1v) is 13.3. The highest BCUT2D eigenvalue weighted by Gasteiger charge is 2.30. The van der Waals surface area contributed by atoms with Crippen LogP contribution in [0, 0.1) is 0 Å². The average molecular weight is 498 g/mol. The maximum Gasteiger partial charge on any atom is 0.257 e. The lowest BCUT2D eigenvalue weighted by Crippen LogP contribution is -2.37. The number of carbonyl (C=O) groups is 2. The Kier molecular flexibility index (Phi) is 7.23. The van der Waals surface area contributed by atoms with Crippen molar-refractivity contribution in [2.75, 3.05) is 31.5 Å². The zero-order valence-corrected chi connectivity index (χ0v) is 21.1. The quantitative estimate of drug-likeness (QED) is 0.539. The number of nitrogens with zero attached hydrogens (tertiary/aromatic N) is 4. The van der Waals surface area contributed by atoms with Gasteiger partial charge in [0, 0.05) is 45.0 Å². The minimum atomic E-state index is -3.62. The molecule has 1 aliphatic rings. The molecule has 35 heavy (non-hydrogen) atoms. The lowest BCUT2D eigenvalue weighted by Gasteiger charge is -2.31. The second-order valence-corrected chi connectivity index (χ2v) is 10.6. The first-order valence-electron chi connectivity index (χ1n) is 11.9. The van der Waals surface area contributed by atoms with E-state index in [9.17, 15) is 18.0 Å². The highest BCUT2D eigenvalue weighted by molar-refractivity contribution is 7.89. The summed E-state index contributed by atoms with van der Waals surface area (Å²) in [6.45, 7) is 7.41. The van der Waals surface area contributed by atoms with Gasteiger partial charge in [0.15, 0.2) is 0 Å². The molecule has 4 rings (SSSR count). The SMILES string of the molecule is CCN(CC)C(=O)c1cnn2ccc(C3CCN(S(=O)(=O)c4ccc(NC(C)=O)cc4)CC3)cc12. The highest BCUT2D eigenvalue weighted by Crippen LogP contribution is 2.32. The maximum atomic E-state index is 13.1. The van der Waals surface area contributed by atoms with Crippen molar-refractivity contribution < 1.29 is 18.0 Å². The van der Waals surface area contributed by atoms with Crippen LogP contribution in [0.25, 0.3) is 5.52 Å². The minimum absolute atomic E-state index is 0.0346. The smallest absolute Gasteiger partial charge is 0.257 e. The molecule has 186 valence electrons. The van der Waals surface area contributed by atoms with Gasteiger partial charge < -0.3 is 10.2 Å². The van der Waals surface area contributed by atoms with Crippen LogP contribution in [0.1, 0.15) is 55.5 Å². The van der Waals surface area contributed by atoms with Gasteiger partial charge in [-0.3, -0.25) is 9.59 Å². The van der Waals surface area contributed by atoms with Crippen LogP contribution < -0.4 is 5.32 Å². The number of sulfonamides is 1. The van der Waals surface area contributed by atoms with E-state index in [1.165, 1.54) is 23.4 Å². The fraction of sp³-hybridized carbons (Fsp3) is 0.400. The van der Waals surface area contributed by atoms with Crippen LogP contribution in [0.5, 0.6) is 0 Å². The zero-order chi connectivity index (χ0) is 25.2. The number of carbonyl (C=O) groups excluding carboxylic acids is 2. The first-order chi connectivity index (χ1) is 16.7. The third kappa shape index (κ3) is 5.08. The maximum absolute atomic E-state index is 13.1. The van der Waals surface area contributed by atoms with E-state index in [1.807, 2.05) is 32.2 Å². The molecule has 0 atom stereocenters. The number of aromatic nitrogens is 2. The van der Waals surface area contributed by atoms with Crippen molar-refractivity contribution in [2.45, 2.75) is 44.4 Å². The Morgan fingerprint density at radius 3 is 2.34 bits per heavy atom. The summed E-state index contributed by atoms with van der Waals surface area (Å²) in [6, 6.07) is 10.3. The van der Waals surface area contributed by atoms with Gasteiger partial charge in [0.05, 0.1) is 22.2 Å². The van der Waals surface area contributed by atoms with Crippen molar-refractivity contribution in [1.29, 1.82) is 0 Å². The van der Waals surface area contributed by atoms with Gasteiger partial charge in [0.1, 0.15) is 0 Å². The highest BCUT2D eigenvalue weighted by atomic mass is 32.2. The van der Waals surface area contributed by atoms with Crippen molar-refractivity contribution in [2.24, 2.45) is 0 Å². The van der Waals surface area contributed by atoms with E-state index in [2.05, 4.69) is 10.4 Å². The van der Waals surface area contributed by atoms with Gasteiger partial charge in [-0.15, -0.1) is 0 Å². The van der Waals surface area contributed by atoms with E-state index < -0.39 is 10.0 Å².